The van der Waals surface area contributed by atoms with Crippen LogP contribution in [0.2, 0.25) is 0 Å². The lowest BCUT2D eigenvalue weighted by Gasteiger charge is -2.28. The fourth-order valence-corrected chi connectivity index (χ4v) is 5.37. The number of halogens is 1. The summed E-state index contributed by atoms with van der Waals surface area (Å²) in [6, 6.07) is 4.71. The first-order chi connectivity index (χ1) is 16.0. The van der Waals surface area contributed by atoms with Crippen LogP contribution in [0.3, 0.4) is 0 Å². The van der Waals surface area contributed by atoms with Crippen molar-refractivity contribution >= 4 is 16.6 Å². The molecule has 1 saturated carbocycles. The van der Waals surface area contributed by atoms with E-state index in [9.17, 15) is 4.79 Å². The van der Waals surface area contributed by atoms with Crippen LogP contribution in [0.1, 0.15) is 51.3 Å². The second-order valence-electron chi connectivity index (χ2n) is 9.02. The molecule has 1 aliphatic carbocycles. The van der Waals surface area contributed by atoms with E-state index < -0.39 is 22.7 Å². The number of imidazole rings is 1. The van der Waals surface area contributed by atoms with Crippen LogP contribution in [0.4, 0.5) is 4.39 Å². The standard InChI is InChI=1S/C23H24FN5O4/c1-22(9-6-12-32-22)29-17-14(24)7-5-8-15(17)28-13-25-16(18(28)20(29)30)19-26-21(33-27-19)23(31-2)10-3-4-11-23/h5,7-8,13H,3-4,6,9-12H2,1-2H3. The van der Waals surface area contributed by atoms with Gasteiger partial charge in [0.15, 0.2) is 0 Å². The van der Waals surface area contributed by atoms with Crippen molar-refractivity contribution in [2.24, 2.45) is 0 Å². The molecule has 6 rings (SSSR count). The Morgan fingerprint density at radius 3 is 2.70 bits per heavy atom. The zero-order chi connectivity index (χ0) is 22.8. The molecular formula is C23H24FN5O4. The minimum absolute atomic E-state index is 0.182. The molecular weight excluding hydrogens is 429 g/mol. The summed E-state index contributed by atoms with van der Waals surface area (Å²) in [7, 11) is 1.64. The van der Waals surface area contributed by atoms with Crippen LogP contribution >= 0.6 is 0 Å². The second-order valence-corrected chi connectivity index (χ2v) is 9.02. The Hall–Kier alpha value is -3.11. The number of rotatable bonds is 4. The predicted octanol–water partition coefficient (Wildman–Crippen LogP) is 3.74. The molecule has 1 aromatic carbocycles. The average Bonchev–Trinajstić information content (AvgIpc) is 3.60. The Labute approximate surface area is 188 Å². The first kappa shape index (κ1) is 20.5. The summed E-state index contributed by atoms with van der Waals surface area (Å²) < 4.78 is 35.3. The Balaban J connectivity index is 1.62. The number of aromatic nitrogens is 5. The summed E-state index contributed by atoms with van der Waals surface area (Å²) >= 11 is 0. The normalized spacial score (nSPS) is 22.6. The van der Waals surface area contributed by atoms with E-state index in [0.717, 1.165) is 32.1 Å². The highest BCUT2D eigenvalue weighted by Gasteiger charge is 2.42. The van der Waals surface area contributed by atoms with Gasteiger partial charge < -0.3 is 14.0 Å². The molecule has 1 atom stereocenters. The lowest BCUT2D eigenvalue weighted by atomic mass is 10.0. The number of nitrogens with zero attached hydrogens (tertiary/aromatic N) is 5. The molecule has 172 valence electrons. The molecule has 4 heterocycles. The molecule has 33 heavy (non-hydrogen) atoms. The Bertz CT molecular complexity index is 1430. The van der Waals surface area contributed by atoms with Crippen molar-refractivity contribution < 1.29 is 18.4 Å². The number of para-hydroxylation sites is 1. The molecule has 0 bridgehead atoms. The number of fused-ring (bicyclic) bond motifs is 3. The maximum atomic E-state index is 15.1. The monoisotopic (exact) mass is 453 g/mol. The molecule has 0 radical (unpaired) electrons. The van der Waals surface area contributed by atoms with Gasteiger partial charge in [0, 0.05) is 13.7 Å². The molecule has 0 N–H and O–H groups in total. The maximum absolute atomic E-state index is 15.1. The summed E-state index contributed by atoms with van der Waals surface area (Å²) in [5.74, 6) is 0.0909. The van der Waals surface area contributed by atoms with Crippen LogP contribution < -0.4 is 5.56 Å². The van der Waals surface area contributed by atoms with Gasteiger partial charge in [0.05, 0.1) is 5.52 Å². The molecule has 3 aromatic heterocycles. The molecule has 4 aromatic rings. The fourth-order valence-electron chi connectivity index (χ4n) is 5.37. The quantitative estimate of drug-likeness (QED) is 0.464. The topological polar surface area (TPSA) is 96.7 Å². The number of methoxy groups -OCH3 is 1. The molecule has 2 aliphatic rings. The van der Waals surface area contributed by atoms with Gasteiger partial charge in [-0.05, 0) is 57.6 Å². The Morgan fingerprint density at radius 1 is 1.15 bits per heavy atom. The SMILES string of the molecule is COC1(c2nc(-c3ncn4c3c(=O)n(C3(C)CCCO3)c3c(F)cccc34)no2)CCCC1. The van der Waals surface area contributed by atoms with Gasteiger partial charge in [0.2, 0.25) is 5.82 Å². The molecule has 1 saturated heterocycles. The van der Waals surface area contributed by atoms with Crippen LogP contribution in [0.5, 0.6) is 0 Å². The third kappa shape index (κ3) is 2.83. The fraction of sp³-hybridized carbons (Fsp3) is 0.478. The second kappa shape index (κ2) is 7.19. The highest BCUT2D eigenvalue weighted by molar-refractivity contribution is 5.84. The third-order valence-corrected chi connectivity index (χ3v) is 7.12. The summed E-state index contributed by atoms with van der Waals surface area (Å²) in [5.41, 5.74) is -0.779. The van der Waals surface area contributed by atoms with Gasteiger partial charge in [0.25, 0.3) is 11.4 Å². The summed E-state index contributed by atoms with van der Waals surface area (Å²) in [6.07, 6.45) is 6.48. The lowest BCUT2D eigenvalue weighted by Crippen LogP contribution is -2.39. The molecule has 1 aliphatic heterocycles. The van der Waals surface area contributed by atoms with Gasteiger partial charge in [-0.15, -0.1) is 0 Å². The minimum atomic E-state index is -0.965. The predicted molar refractivity (Wildman–Crippen MR) is 116 cm³/mol. The van der Waals surface area contributed by atoms with Crippen molar-refractivity contribution in [3.63, 3.8) is 0 Å². The molecule has 2 fully saturated rings. The lowest BCUT2D eigenvalue weighted by molar-refractivity contribution is -0.0451. The van der Waals surface area contributed by atoms with E-state index in [2.05, 4.69) is 15.1 Å². The Kier molecular flexibility index (Phi) is 4.47. The molecule has 1 unspecified atom stereocenters. The van der Waals surface area contributed by atoms with Crippen molar-refractivity contribution in [3.8, 4) is 11.5 Å². The average molecular weight is 453 g/mol. The molecule has 9 nitrogen and oxygen atoms in total. The maximum Gasteiger partial charge on any atom is 0.280 e. The smallest absolute Gasteiger partial charge is 0.280 e. The van der Waals surface area contributed by atoms with Crippen LogP contribution in [-0.4, -0.2) is 37.8 Å². The van der Waals surface area contributed by atoms with Crippen molar-refractivity contribution in [2.75, 3.05) is 13.7 Å². The van der Waals surface area contributed by atoms with Crippen molar-refractivity contribution in [3.05, 3.63) is 46.6 Å². The van der Waals surface area contributed by atoms with Gasteiger partial charge in [-0.1, -0.05) is 11.2 Å². The van der Waals surface area contributed by atoms with Crippen molar-refractivity contribution in [1.82, 2.24) is 24.1 Å². The van der Waals surface area contributed by atoms with Gasteiger partial charge in [-0.3, -0.25) is 13.8 Å². The Morgan fingerprint density at radius 2 is 1.97 bits per heavy atom. The third-order valence-electron chi connectivity index (χ3n) is 7.12. The number of ether oxygens (including phenoxy) is 2. The number of hydrogen-bond acceptors (Lipinski definition) is 7. The number of benzene rings is 1. The largest absolute Gasteiger partial charge is 0.368 e. The van der Waals surface area contributed by atoms with Gasteiger partial charge in [0.1, 0.15) is 40.2 Å². The highest BCUT2D eigenvalue weighted by atomic mass is 19.1. The van der Waals surface area contributed by atoms with Gasteiger partial charge in [-0.2, -0.15) is 4.98 Å². The van der Waals surface area contributed by atoms with E-state index in [1.54, 1.807) is 23.6 Å². The minimum Gasteiger partial charge on any atom is -0.368 e. The van der Waals surface area contributed by atoms with Crippen LogP contribution in [0.25, 0.3) is 28.1 Å². The zero-order valence-electron chi connectivity index (χ0n) is 18.5. The first-order valence-corrected chi connectivity index (χ1v) is 11.2. The summed E-state index contributed by atoms with van der Waals surface area (Å²) in [5, 5.41) is 4.13. The van der Waals surface area contributed by atoms with Crippen LogP contribution in [-0.2, 0) is 20.8 Å². The van der Waals surface area contributed by atoms with Crippen molar-refractivity contribution in [2.45, 2.75) is 56.8 Å². The van der Waals surface area contributed by atoms with Crippen LogP contribution in [0.15, 0.2) is 33.8 Å². The van der Waals surface area contributed by atoms with Gasteiger partial charge in [-0.25, -0.2) is 9.37 Å². The summed E-state index contributed by atoms with van der Waals surface area (Å²) in [6.45, 7) is 2.32. The summed E-state index contributed by atoms with van der Waals surface area (Å²) in [4.78, 5) is 22.9. The molecule has 0 amide bonds. The highest BCUT2D eigenvalue weighted by Crippen LogP contribution is 2.41. The van der Waals surface area contributed by atoms with E-state index in [4.69, 9.17) is 14.0 Å². The van der Waals surface area contributed by atoms with E-state index >= 15 is 4.39 Å². The van der Waals surface area contributed by atoms with Crippen LogP contribution in [0, 0.1) is 5.82 Å². The zero-order valence-corrected chi connectivity index (χ0v) is 18.5. The van der Waals surface area contributed by atoms with Crippen molar-refractivity contribution in [1.29, 1.82) is 0 Å². The molecule has 0 spiro atoms. The van der Waals surface area contributed by atoms with Gasteiger partial charge >= 0.3 is 0 Å². The van der Waals surface area contributed by atoms with E-state index in [1.165, 1.54) is 17.0 Å². The van der Waals surface area contributed by atoms with E-state index in [1.807, 2.05) is 6.92 Å². The number of hydrogen-bond donors (Lipinski definition) is 0. The molecule has 10 heteroatoms. The van der Waals surface area contributed by atoms with E-state index in [0.29, 0.717) is 24.4 Å². The first-order valence-electron chi connectivity index (χ1n) is 11.2. The van der Waals surface area contributed by atoms with E-state index in [-0.39, 0.29) is 22.6 Å².